The van der Waals surface area contributed by atoms with Crippen molar-refractivity contribution in [3.05, 3.63) is 11.6 Å². The number of aliphatic hydroxyl groups is 8. The van der Waals surface area contributed by atoms with Crippen molar-refractivity contribution in [3.8, 4) is 0 Å². The van der Waals surface area contributed by atoms with E-state index in [1.54, 1.807) is 0 Å². The van der Waals surface area contributed by atoms with Crippen LogP contribution in [0.25, 0.3) is 0 Å². The van der Waals surface area contributed by atoms with Crippen molar-refractivity contribution in [2.45, 2.75) is 196 Å². The molecule has 0 aromatic carbocycles. The maximum Gasteiger partial charge on any atom is 0.187 e. The van der Waals surface area contributed by atoms with Gasteiger partial charge in [-0.25, -0.2) is 0 Å². The maximum atomic E-state index is 11.9. The highest BCUT2D eigenvalue weighted by Crippen LogP contribution is 2.70. The molecule has 25 atom stereocenters. The summed E-state index contributed by atoms with van der Waals surface area (Å²) in [5.41, 5.74) is 1.54. The lowest BCUT2D eigenvalue weighted by Crippen LogP contribution is -2.65. The lowest BCUT2D eigenvalue weighted by molar-refractivity contribution is -0.380. The summed E-state index contributed by atoms with van der Waals surface area (Å²) in [6.07, 6.45) is -8.79. The fraction of sp³-hybridized carbons (Fsp3) is 0.955. The van der Waals surface area contributed by atoms with Gasteiger partial charge in [0, 0.05) is 12.3 Å². The third-order valence-corrected chi connectivity index (χ3v) is 17.3. The van der Waals surface area contributed by atoms with Gasteiger partial charge in [-0.2, -0.15) is 0 Å². The average Bonchev–Trinajstić information content (AvgIpc) is 3.79. The van der Waals surface area contributed by atoms with Crippen molar-refractivity contribution in [1.29, 1.82) is 0 Å². The van der Waals surface area contributed by atoms with Crippen molar-refractivity contribution < 1.29 is 78.7 Å². The van der Waals surface area contributed by atoms with E-state index in [1.807, 2.05) is 0 Å². The molecule has 9 rings (SSSR count). The van der Waals surface area contributed by atoms with Crippen LogP contribution in [0, 0.1) is 46.3 Å². The summed E-state index contributed by atoms with van der Waals surface area (Å²) in [7, 11) is 0. The largest absolute Gasteiger partial charge is 0.394 e. The van der Waals surface area contributed by atoms with E-state index in [1.165, 1.54) is 18.9 Å². The highest BCUT2D eigenvalue weighted by molar-refractivity contribution is 5.26. The van der Waals surface area contributed by atoms with Crippen molar-refractivity contribution in [2.24, 2.45) is 46.3 Å². The zero-order chi connectivity index (χ0) is 42.6. The molecule has 3 saturated carbocycles. The Labute approximate surface area is 352 Å². The number of hydrogen-bond donors (Lipinski definition) is 8. The SMILES string of the molecule is CC1CC[C@@]2(OC1)OC1CC3C4CC=C5CC(OC6OC(CO)C(OC7OC(CO)C(O)C7O)C(O)C6OC6OC(C)C(O)C(O)C6O)CC[C@]5(C)C4CC[C@]3(C)C1C2C. The van der Waals surface area contributed by atoms with Crippen molar-refractivity contribution >= 4 is 0 Å². The lowest BCUT2D eigenvalue weighted by atomic mass is 9.47. The molecule has 342 valence electrons. The van der Waals surface area contributed by atoms with Gasteiger partial charge in [-0.15, -0.1) is 0 Å². The molecule has 5 heterocycles. The van der Waals surface area contributed by atoms with Gasteiger partial charge in [0.2, 0.25) is 0 Å². The van der Waals surface area contributed by atoms with E-state index in [0.717, 1.165) is 45.1 Å². The number of aliphatic hydroxyl groups excluding tert-OH is 8. The molecule has 8 N–H and O–H groups in total. The Morgan fingerprint density at radius 2 is 1.40 bits per heavy atom. The van der Waals surface area contributed by atoms with E-state index < -0.39 is 105 Å². The van der Waals surface area contributed by atoms with Crippen LogP contribution in [-0.2, 0) is 37.9 Å². The van der Waals surface area contributed by atoms with Gasteiger partial charge in [0.05, 0.1) is 38.1 Å². The zero-order valence-corrected chi connectivity index (χ0v) is 35.6. The molecule has 16 nitrogen and oxygen atoms in total. The van der Waals surface area contributed by atoms with E-state index in [2.05, 4.69) is 33.8 Å². The van der Waals surface area contributed by atoms with Crippen LogP contribution in [0.2, 0.25) is 0 Å². The number of fused-ring (bicyclic) bond motifs is 7. The molecule has 1 spiro atoms. The van der Waals surface area contributed by atoms with Gasteiger partial charge >= 0.3 is 0 Å². The summed E-state index contributed by atoms with van der Waals surface area (Å²) in [4.78, 5) is 0. The molecule has 0 aromatic rings. The summed E-state index contributed by atoms with van der Waals surface area (Å²) in [5.74, 6) is 2.65. The molecule has 5 aliphatic heterocycles. The quantitative estimate of drug-likeness (QED) is 0.158. The molecule has 5 saturated heterocycles. The average molecular weight is 855 g/mol. The van der Waals surface area contributed by atoms with Crippen molar-refractivity contribution in [1.82, 2.24) is 0 Å². The minimum atomic E-state index is -1.70. The van der Waals surface area contributed by atoms with E-state index in [9.17, 15) is 40.9 Å². The molecule has 16 heteroatoms. The molecular weight excluding hydrogens is 784 g/mol. The predicted octanol–water partition coefficient (Wildman–Crippen LogP) is 0.853. The fourth-order valence-electron chi connectivity index (χ4n) is 13.8. The summed E-state index contributed by atoms with van der Waals surface area (Å²) in [6, 6.07) is 0. The smallest absolute Gasteiger partial charge is 0.187 e. The third kappa shape index (κ3) is 7.10. The summed E-state index contributed by atoms with van der Waals surface area (Å²) >= 11 is 0. The molecule has 0 bridgehead atoms. The van der Waals surface area contributed by atoms with Gasteiger partial charge in [0.15, 0.2) is 24.7 Å². The summed E-state index contributed by atoms with van der Waals surface area (Å²) in [5, 5.41) is 84.8. The first-order valence-corrected chi connectivity index (χ1v) is 22.8. The topological polar surface area (TPSA) is 236 Å². The zero-order valence-electron chi connectivity index (χ0n) is 35.6. The van der Waals surface area contributed by atoms with Crippen molar-refractivity contribution in [2.75, 3.05) is 19.8 Å². The minimum Gasteiger partial charge on any atom is -0.394 e. The first-order valence-electron chi connectivity index (χ1n) is 22.8. The molecule has 60 heavy (non-hydrogen) atoms. The Bertz CT molecular complexity index is 1560. The van der Waals surface area contributed by atoms with Crippen molar-refractivity contribution in [3.63, 3.8) is 0 Å². The molecule has 22 unspecified atom stereocenters. The standard InChI is InChI=1S/C44H70O16/c1-19-8-13-44(53-18-19)20(2)30-27(60-44)15-26-24-7-6-22-14-23(9-11-42(22,4)25(24)10-12-43(26,30)5)55-41-38(59-39-35(51)33(49)31(47)21(3)54-39)36(52)37(29(17-46)57-41)58-40-34(50)32(48)28(16-45)56-40/h6,19-21,23-41,45-52H,7-18H2,1-5H3/t19?,20?,21?,23?,24?,25?,26?,27?,28?,29?,30?,31?,32?,33?,34?,35?,36?,37?,38?,39?,40?,41?,42-,43-,44+/m0/s1. The molecule has 0 amide bonds. The first kappa shape index (κ1) is 44.3. The van der Waals surface area contributed by atoms with Crippen LogP contribution in [0.15, 0.2) is 11.6 Å². The normalized spacial score (nSPS) is 57.7. The fourth-order valence-corrected chi connectivity index (χ4v) is 13.8. The van der Waals surface area contributed by atoms with E-state index in [-0.39, 0.29) is 23.0 Å². The van der Waals surface area contributed by atoms with Crippen LogP contribution in [0.1, 0.15) is 92.4 Å². The third-order valence-electron chi connectivity index (χ3n) is 17.3. The minimum absolute atomic E-state index is 0.0141. The second-order valence-electron chi connectivity index (χ2n) is 20.6. The van der Waals surface area contributed by atoms with Gasteiger partial charge in [-0.3, -0.25) is 0 Å². The Morgan fingerprint density at radius 3 is 2.10 bits per heavy atom. The predicted molar refractivity (Wildman–Crippen MR) is 208 cm³/mol. The van der Waals surface area contributed by atoms with Gasteiger partial charge in [-0.05, 0) is 98.7 Å². The number of hydrogen-bond acceptors (Lipinski definition) is 16. The van der Waals surface area contributed by atoms with E-state index in [4.69, 9.17) is 37.9 Å². The Morgan fingerprint density at radius 1 is 0.700 bits per heavy atom. The summed E-state index contributed by atoms with van der Waals surface area (Å²) < 4.78 is 49.9. The lowest BCUT2D eigenvalue weighted by Gasteiger charge is -2.58. The van der Waals surface area contributed by atoms with Gasteiger partial charge in [-0.1, -0.05) is 39.3 Å². The molecule has 8 fully saturated rings. The Kier molecular flexibility index (Phi) is 12.2. The van der Waals surface area contributed by atoms with Crippen LogP contribution in [0.5, 0.6) is 0 Å². The molecule has 0 radical (unpaired) electrons. The van der Waals surface area contributed by atoms with Crippen LogP contribution < -0.4 is 0 Å². The summed E-state index contributed by atoms with van der Waals surface area (Å²) in [6.45, 7) is 10.7. The van der Waals surface area contributed by atoms with Gasteiger partial charge in [0.1, 0.15) is 61.0 Å². The Hall–Kier alpha value is -0.900. The van der Waals surface area contributed by atoms with Gasteiger partial charge < -0.3 is 78.7 Å². The maximum absolute atomic E-state index is 11.9. The van der Waals surface area contributed by atoms with Gasteiger partial charge in [0.25, 0.3) is 0 Å². The second-order valence-corrected chi connectivity index (χ2v) is 20.6. The number of ether oxygens (including phenoxy) is 8. The second kappa shape index (κ2) is 16.5. The van der Waals surface area contributed by atoms with Crippen LogP contribution >= 0.6 is 0 Å². The highest BCUT2D eigenvalue weighted by atomic mass is 16.8. The van der Waals surface area contributed by atoms with E-state index in [0.29, 0.717) is 48.3 Å². The molecular formula is C44H70O16. The highest BCUT2D eigenvalue weighted by Gasteiger charge is 2.69. The first-order chi connectivity index (χ1) is 28.5. The Balaban J connectivity index is 0.913. The molecule has 4 aliphatic carbocycles. The van der Waals surface area contributed by atoms with Crippen LogP contribution in [0.3, 0.4) is 0 Å². The molecule has 9 aliphatic rings. The number of rotatable bonds is 8. The molecule has 0 aromatic heterocycles. The van der Waals surface area contributed by atoms with E-state index >= 15 is 0 Å². The number of allylic oxidation sites excluding steroid dienone is 1. The monoisotopic (exact) mass is 854 g/mol. The van der Waals surface area contributed by atoms with Crippen LogP contribution in [0.4, 0.5) is 0 Å². The van der Waals surface area contributed by atoms with Crippen LogP contribution in [-0.4, -0.2) is 165 Å².